The number of carbonyl (C=O) groups is 1. The summed E-state index contributed by atoms with van der Waals surface area (Å²) < 4.78 is 35.5. The SMILES string of the molecule is CCN(CC)C(=O)[C@@H]1CCCc2c1c1c(OC)cccc1n2CCOS(C)(=O)=O. The van der Waals surface area contributed by atoms with Gasteiger partial charge in [-0.15, -0.1) is 0 Å². The maximum absolute atomic E-state index is 13.3. The summed E-state index contributed by atoms with van der Waals surface area (Å²) in [5.74, 6) is 0.670. The van der Waals surface area contributed by atoms with Crippen molar-refractivity contribution in [2.75, 3.05) is 33.1 Å². The third-order valence-corrected chi connectivity index (χ3v) is 6.26. The largest absolute Gasteiger partial charge is 0.496 e. The number of rotatable bonds is 8. The van der Waals surface area contributed by atoms with Crippen LogP contribution in [-0.2, 0) is 32.1 Å². The van der Waals surface area contributed by atoms with Crippen molar-refractivity contribution in [3.05, 3.63) is 29.5 Å². The molecule has 1 aliphatic rings. The lowest BCUT2D eigenvalue weighted by Gasteiger charge is -2.29. The van der Waals surface area contributed by atoms with E-state index in [2.05, 4.69) is 4.57 Å². The van der Waals surface area contributed by atoms with Crippen molar-refractivity contribution in [3.8, 4) is 5.75 Å². The smallest absolute Gasteiger partial charge is 0.264 e. The van der Waals surface area contributed by atoms with Crippen molar-refractivity contribution in [1.82, 2.24) is 9.47 Å². The van der Waals surface area contributed by atoms with E-state index in [0.717, 1.165) is 53.4 Å². The van der Waals surface area contributed by atoms with Gasteiger partial charge >= 0.3 is 0 Å². The van der Waals surface area contributed by atoms with Gasteiger partial charge in [-0.1, -0.05) is 6.07 Å². The lowest BCUT2D eigenvalue weighted by atomic mass is 9.84. The van der Waals surface area contributed by atoms with Crippen molar-refractivity contribution >= 4 is 26.9 Å². The van der Waals surface area contributed by atoms with E-state index in [1.165, 1.54) is 0 Å². The lowest BCUT2D eigenvalue weighted by molar-refractivity contribution is -0.132. The molecule has 1 aliphatic carbocycles. The number of fused-ring (bicyclic) bond motifs is 3. The highest BCUT2D eigenvalue weighted by atomic mass is 32.2. The number of benzene rings is 1. The summed E-state index contributed by atoms with van der Waals surface area (Å²) in [6, 6.07) is 5.82. The van der Waals surface area contributed by atoms with E-state index in [9.17, 15) is 13.2 Å². The molecule has 1 atom stereocenters. The van der Waals surface area contributed by atoms with Gasteiger partial charge in [-0.2, -0.15) is 8.42 Å². The zero-order valence-electron chi connectivity index (χ0n) is 17.6. The second-order valence-electron chi connectivity index (χ2n) is 7.35. The zero-order chi connectivity index (χ0) is 21.2. The number of carbonyl (C=O) groups excluding carboxylic acids is 1. The summed E-state index contributed by atoms with van der Waals surface area (Å²) in [5, 5.41) is 0.953. The van der Waals surface area contributed by atoms with Crippen LogP contribution in [0.3, 0.4) is 0 Å². The second-order valence-corrected chi connectivity index (χ2v) is 8.99. The first kappa shape index (κ1) is 21.6. The molecule has 0 fully saturated rings. The normalized spacial score (nSPS) is 16.6. The molecule has 7 nitrogen and oxygen atoms in total. The van der Waals surface area contributed by atoms with E-state index in [1.54, 1.807) is 7.11 Å². The highest BCUT2D eigenvalue weighted by Crippen LogP contribution is 2.43. The Balaban J connectivity index is 2.13. The number of nitrogens with zero attached hydrogens (tertiary/aromatic N) is 2. The number of amides is 1. The molecule has 0 saturated heterocycles. The van der Waals surface area contributed by atoms with Crippen LogP contribution in [0.4, 0.5) is 0 Å². The molecular formula is C21H30N2O5S. The number of hydrogen-bond donors (Lipinski definition) is 0. The fourth-order valence-corrected chi connectivity index (χ4v) is 4.80. The quantitative estimate of drug-likeness (QED) is 0.611. The van der Waals surface area contributed by atoms with Crippen molar-refractivity contribution < 1.29 is 22.1 Å². The van der Waals surface area contributed by atoms with E-state index in [-0.39, 0.29) is 18.4 Å². The standard InChI is InChI=1S/C21H30N2O5S/c1-5-22(6-2)21(24)15-9-7-10-16-19(15)20-17(11-8-12-18(20)27-3)23(16)13-14-28-29(4,25)26/h8,11-12,15H,5-7,9-10,13-14H2,1-4H3/t15-/m1/s1. The van der Waals surface area contributed by atoms with Gasteiger partial charge in [-0.05, 0) is 50.8 Å². The third-order valence-electron chi connectivity index (χ3n) is 5.66. The van der Waals surface area contributed by atoms with Crippen molar-refractivity contribution in [3.63, 3.8) is 0 Å². The van der Waals surface area contributed by atoms with Crippen LogP contribution in [0, 0.1) is 0 Å². The molecule has 8 heteroatoms. The topological polar surface area (TPSA) is 77.8 Å². The molecule has 1 aromatic heterocycles. The summed E-state index contributed by atoms with van der Waals surface area (Å²) in [4.78, 5) is 15.2. The molecule has 0 N–H and O–H groups in total. The van der Waals surface area contributed by atoms with Crippen LogP contribution in [0.5, 0.6) is 5.75 Å². The predicted molar refractivity (Wildman–Crippen MR) is 113 cm³/mol. The van der Waals surface area contributed by atoms with Gasteiger partial charge in [-0.3, -0.25) is 8.98 Å². The second kappa shape index (κ2) is 8.75. The minimum absolute atomic E-state index is 0.0565. The van der Waals surface area contributed by atoms with Crippen molar-refractivity contribution in [2.45, 2.75) is 45.6 Å². The minimum Gasteiger partial charge on any atom is -0.496 e. The molecule has 0 spiro atoms. The number of aromatic nitrogens is 1. The summed E-state index contributed by atoms with van der Waals surface area (Å²) >= 11 is 0. The Hall–Kier alpha value is -2.06. The van der Waals surface area contributed by atoms with E-state index in [4.69, 9.17) is 8.92 Å². The van der Waals surface area contributed by atoms with E-state index in [1.807, 2.05) is 36.9 Å². The van der Waals surface area contributed by atoms with E-state index in [0.29, 0.717) is 19.6 Å². The van der Waals surface area contributed by atoms with Crippen LogP contribution >= 0.6 is 0 Å². The number of methoxy groups -OCH3 is 1. The molecule has 0 saturated carbocycles. The molecule has 3 rings (SSSR count). The molecule has 1 aromatic carbocycles. The van der Waals surface area contributed by atoms with Gasteiger partial charge < -0.3 is 14.2 Å². The molecule has 0 unspecified atom stereocenters. The molecule has 1 heterocycles. The molecule has 0 bridgehead atoms. The average molecular weight is 423 g/mol. The van der Waals surface area contributed by atoms with Gasteiger partial charge in [-0.25, -0.2) is 0 Å². The molecular weight excluding hydrogens is 392 g/mol. The summed E-state index contributed by atoms with van der Waals surface area (Å²) in [6.45, 7) is 5.81. The van der Waals surface area contributed by atoms with Crippen LogP contribution in [0.2, 0.25) is 0 Å². The fraction of sp³-hybridized carbons (Fsp3) is 0.571. The zero-order valence-corrected chi connectivity index (χ0v) is 18.4. The van der Waals surface area contributed by atoms with E-state index < -0.39 is 10.1 Å². The number of ether oxygens (including phenoxy) is 1. The highest BCUT2D eigenvalue weighted by molar-refractivity contribution is 7.85. The van der Waals surface area contributed by atoms with E-state index >= 15 is 0 Å². The lowest BCUT2D eigenvalue weighted by Crippen LogP contribution is -2.36. The Morgan fingerprint density at radius 1 is 1.28 bits per heavy atom. The number of likely N-dealkylation sites (N-methyl/N-ethyl adjacent to an activating group) is 1. The van der Waals surface area contributed by atoms with Gasteiger partial charge in [0.2, 0.25) is 5.91 Å². The first-order valence-corrected chi connectivity index (χ1v) is 11.9. The molecule has 0 radical (unpaired) electrons. The van der Waals surface area contributed by atoms with Crippen LogP contribution in [0.1, 0.15) is 43.9 Å². The minimum atomic E-state index is -3.51. The third kappa shape index (κ3) is 4.28. The Kier molecular flexibility index (Phi) is 6.53. The monoisotopic (exact) mass is 422 g/mol. The fourth-order valence-electron chi connectivity index (χ4n) is 4.42. The van der Waals surface area contributed by atoms with Gasteiger partial charge in [0.1, 0.15) is 5.75 Å². The van der Waals surface area contributed by atoms with Gasteiger partial charge in [0, 0.05) is 30.7 Å². The summed E-state index contributed by atoms with van der Waals surface area (Å²) in [7, 11) is -1.87. The maximum atomic E-state index is 13.3. The molecule has 160 valence electrons. The van der Waals surface area contributed by atoms with Crippen LogP contribution in [-0.4, -0.2) is 56.9 Å². The Labute approximate surface area is 172 Å². The van der Waals surface area contributed by atoms with Crippen LogP contribution < -0.4 is 4.74 Å². The Morgan fingerprint density at radius 3 is 2.62 bits per heavy atom. The van der Waals surface area contributed by atoms with Gasteiger partial charge in [0.25, 0.3) is 10.1 Å². The summed E-state index contributed by atoms with van der Waals surface area (Å²) in [5.41, 5.74) is 3.06. The average Bonchev–Trinajstić information content (AvgIpc) is 3.02. The Morgan fingerprint density at radius 2 is 2.00 bits per heavy atom. The number of hydrogen-bond acceptors (Lipinski definition) is 5. The highest BCUT2D eigenvalue weighted by Gasteiger charge is 2.34. The van der Waals surface area contributed by atoms with Crippen LogP contribution in [0.15, 0.2) is 18.2 Å². The molecule has 29 heavy (non-hydrogen) atoms. The van der Waals surface area contributed by atoms with Crippen LogP contribution in [0.25, 0.3) is 10.9 Å². The van der Waals surface area contributed by atoms with Gasteiger partial charge in [0.05, 0.1) is 31.4 Å². The molecule has 2 aromatic rings. The maximum Gasteiger partial charge on any atom is 0.264 e. The summed E-state index contributed by atoms with van der Waals surface area (Å²) in [6.07, 6.45) is 3.61. The molecule has 0 aliphatic heterocycles. The van der Waals surface area contributed by atoms with Gasteiger partial charge in [0.15, 0.2) is 0 Å². The Bertz CT molecular complexity index is 992. The first-order valence-electron chi connectivity index (χ1n) is 10.1. The van der Waals surface area contributed by atoms with Crippen molar-refractivity contribution in [2.24, 2.45) is 0 Å². The molecule has 1 amide bonds. The first-order chi connectivity index (χ1) is 13.8. The van der Waals surface area contributed by atoms with Crippen molar-refractivity contribution in [1.29, 1.82) is 0 Å². The predicted octanol–water partition coefficient (Wildman–Crippen LogP) is 2.91.